The number of para-hydroxylation sites is 1. The maximum absolute atomic E-state index is 12.6. The van der Waals surface area contributed by atoms with Crippen LogP contribution in [-0.4, -0.2) is 24.4 Å². The molecule has 1 aliphatic heterocycles. The molecule has 0 saturated carbocycles. The number of benzene rings is 1. The molecule has 0 spiro atoms. The lowest BCUT2D eigenvalue weighted by Gasteiger charge is -2.23. The summed E-state index contributed by atoms with van der Waals surface area (Å²) in [5.41, 5.74) is 2.18. The fourth-order valence-corrected chi connectivity index (χ4v) is 2.85. The van der Waals surface area contributed by atoms with Gasteiger partial charge in [0, 0.05) is 18.2 Å². The number of anilines is 1. The SMILES string of the molecule is CCC(CC)C(=O)N[C@H](C)C(=O)N1CCc2ccccc21. The van der Waals surface area contributed by atoms with Gasteiger partial charge in [0.05, 0.1) is 0 Å². The Hall–Kier alpha value is -1.84. The van der Waals surface area contributed by atoms with E-state index in [1.54, 1.807) is 11.8 Å². The number of rotatable bonds is 5. The van der Waals surface area contributed by atoms with E-state index in [2.05, 4.69) is 11.4 Å². The molecule has 2 rings (SSSR count). The molecule has 114 valence electrons. The van der Waals surface area contributed by atoms with Crippen LogP contribution in [-0.2, 0) is 16.0 Å². The smallest absolute Gasteiger partial charge is 0.249 e. The molecule has 1 N–H and O–H groups in total. The second-order valence-corrected chi connectivity index (χ2v) is 5.61. The van der Waals surface area contributed by atoms with Gasteiger partial charge in [-0.15, -0.1) is 0 Å². The molecule has 2 amide bonds. The monoisotopic (exact) mass is 288 g/mol. The van der Waals surface area contributed by atoms with Crippen molar-refractivity contribution in [2.75, 3.05) is 11.4 Å². The minimum atomic E-state index is -0.482. The van der Waals surface area contributed by atoms with E-state index in [1.165, 1.54) is 5.56 Å². The third kappa shape index (κ3) is 3.26. The number of carbonyl (C=O) groups is 2. The summed E-state index contributed by atoms with van der Waals surface area (Å²) in [7, 11) is 0. The third-order valence-corrected chi connectivity index (χ3v) is 4.24. The summed E-state index contributed by atoms with van der Waals surface area (Å²) >= 11 is 0. The van der Waals surface area contributed by atoms with Crippen LogP contribution < -0.4 is 10.2 Å². The molecule has 1 aromatic carbocycles. The van der Waals surface area contributed by atoms with Gasteiger partial charge in [-0.1, -0.05) is 32.0 Å². The van der Waals surface area contributed by atoms with Gasteiger partial charge < -0.3 is 10.2 Å². The largest absolute Gasteiger partial charge is 0.344 e. The van der Waals surface area contributed by atoms with E-state index in [0.717, 1.165) is 24.9 Å². The van der Waals surface area contributed by atoms with Crippen LogP contribution in [0.4, 0.5) is 5.69 Å². The van der Waals surface area contributed by atoms with Crippen LogP contribution in [0.1, 0.15) is 39.2 Å². The molecule has 1 atom stereocenters. The molecule has 1 aliphatic rings. The summed E-state index contributed by atoms with van der Waals surface area (Å²) in [4.78, 5) is 26.4. The van der Waals surface area contributed by atoms with Gasteiger partial charge in [0.25, 0.3) is 0 Å². The van der Waals surface area contributed by atoms with Crippen LogP contribution in [0, 0.1) is 5.92 Å². The molecular formula is C17H24N2O2. The first-order valence-electron chi connectivity index (χ1n) is 7.78. The molecule has 1 heterocycles. The standard InChI is InChI=1S/C17H24N2O2/c1-4-13(5-2)16(20)18-12(3)17(21)19-11-10-14-8-6-7-9-15(14)19/h6-9,12-13H,4-5,10-11H2,1-3H3,(H,18,20)/t12-/m1/s1. The van der Waals surface area contributed by atoms with Crippen molar-refractivity contribution in [2.45, 2.75) is 46.1 Å². The van der Waals surface area contributed by atoms with E-state index < -0.39 is 6.04 Å². The summed E-state index contributed by atoms with van der Waals surface area (Å²) in [6.45, 7) is 6.46. The first kappa shape index (κ1) is 15.5. The molecular weight excluding hydrogens is 264 g/mol. The van der Waals surface area contributed by atoms with Gasteiger partial charge in [-0.05, 0) is 37.8 Å². The van der Waals surface area contributed by atoms with E-state index in [9.17, 15) is 9.59 Å². The minimum Gasteiger partial charge on any atom is -0.344 e. The Morgan fingerprint density at radius 2 is 1.90 bits per heavy atom. The predicted molar refractivity (Wildman–Crippen MR) is 84.2 cm³/mol. The number of nitrogens with zero attached hydrogens (tertiary/aromatic N) is 1. The molecule has 4 heteroatoms. The number of amides is 2. The van der Waals surface area contributed by atoms with Crippen LogP contribution in [0.5, 0.6) is 0 Å². The lowest BCUT2D eigenvalue weighted by molar-refractivity contribution is -0.129. The number of carbonyl (C=O) groups excluding carboxylic acids is 2. The zero-order valence-electron chi connectivity index (χ0n) is 13.1. The predicted octanol–water partition coefficient (Wildman–Crippen LogP) is 2.52. The Morgan fingerprint density at radius 1 is 1.24 bits per heavy atom. The van der Waals surface area contributed by atoms with Crippen LogP contribution >= 0.6 is 0 Å². The summed E-state index contributed by atoms with van der Waals surface area (Å²) in [5.74, 6) is -0.0568. The Labute approximate surface area is 126 Å². The van der Waals surface area contributed by atoms with Gasteiger partial charge in [-0.3, -0.25) is 9.59 Å². The van der Waals surface area contributed by atoms with Gasteiger partial charge >= 0.3 is 0 Å². The lowest BCUT2D eigenvalue weighted by atomic mass is 10.0. The molecule has 0 aromatic heterocycles. The van der Waals surface area contributed by atoms with Gasteiger partial charge in [-0.2, -0.15) is 0 Å². The van der Waals surface area contributed by atoms with Gasteiger partial charge in [0.1, 0.15) is 6.04 Å². The number of hydrogen-bond donors (Lipinski definition) is 1. The molecule has 4 nitrogen and oxygen atoms in total. The quantitative estimate of drug-likeness (QED) is 0.905. The number of fused-ring (bicyclic) bond motifs is 1. The Kier molecular flexibility index (Phi) is 4.99. The first-order valence-corrected chi connectivity index (χ1v) is 7.78. The highest BCUT2D eigenvalue weighted by molar-refractivity contribution is 6.00. The molecule has 0 fully saturated rings. The van der Waals surface area contributed by atoms with Crippen molar-refractivity contribution >= 4 is 17.5 Å². The van der Waals surface area contributed by atoms with Crippen molar-refractivity contribution < 1.29 is 9.59 Å². The van der Waals surface area contributed by atoms with Crippen LogP contribution in [0.2, 0.25) is 0 Å². The second kappa shape index (κ2) is 6.74. The van der Waals surface area contributed by atoms with Crippen molar-refractivity contribution in [1.82, 2.24) is 5.32 Å². The van der Waals surface area contributed by atoms with E-state index >= 15 is 0 Å². The number of hydrogen-bond acceptors (Lipinski definition) is 2. The molecule has 1 aromatic rings. The Balaban J connectivity index is 2.02. The van der Waals surface area contributed by atoms with E-state index in [1.807, 2.05) is 32.0 Å². The van der Waals surface area contributed by atoms with Crippen molar-refractivity contribution in [2.24, 2.45) is 5.92 Å². The maximum Gasteiger partial charge on any atom is 0.249 e. The summed E-state index contributed by atoms with van der Waals surface area (Å²) in [5, 5.41) is 2.86. The third-order valence-electron chi connectivity index (χ3n) is 4.24. The second-order valence-electron chi connectivity index (χ2n) is 5.61. The van der Waals surface area contributed by atoms with E-state index in [-0.39, 0.29) is 17.7 Å². The minimum absolute atomic E-state index is 0.00823. The highest BCUT2D eigenvalue weighted by Gasteiger charge is 2.29. The highest BCUT2D eigenvalue weighted by Crippen LogP contribution is 2.27. The normalized spacial score (nSPS) is 15.0. The topological polar surface area (TPSA) is 49.4 Å². The molecule has 0 unspecified atom stereocenters. The maximum atomic E-state index is 12.6. The summed E-state index contributed by atoms with van der Waals surface area (Å²) < 4.78 is 0. The fraction of sp³-hybridized carbons (Fsp3) is 0.529. The molecule has 0 saturated heterocycles. The Bertz CT molecular complexity index is 523. The van der Waals surface area contributed by atoms with E-state index in [4.69, 9.17) is 0 Å². The number of nitrogens with one attached hydrogen (secondary N) is 1. The molecule has 0 aliphatic carbocycles. The fourth-order valence-electron chi connectivity index (χ4n) is 2.85. The molecule has 21 heavy (non-hydrogen) atoms. The van der Waals surface area contributed by atoms with Crippen LogP contribution in [0.15, 0.2) is 24.3 Å². The summed E-state index contributed by atoms with van der Waals surface area (Å²) in [6, 6.07) is 7.47. The Morgan fingerprint density at radius 3 is 2.57 bits per heavy atom. The average molecular weight is 288 g/mol. The zero-order valence-corrected chi connectivity index (χ0v) is 13.1. The molecule has 0 bridgehead atoms. The van der Waals surface area contributed by atoms with Crippen LogP contribution in [0.3, 0.4) is 0 Å². The average Bonchev–Trinajstić information content (AvgIpc) is 2.91. The van der Waals surface area contributed by atoms with Gasteiger partial charge in [0.2, 0.25) is 11.8 Å². The first-order chi connectivity index (χ1) is 10.1. The van der Waals surface area contributed by atoms with Gasteiger partial charge in [0.15, 0.2) is 0 Å². The lowest BCUT2D eigenvalue weighted by Crippen LogP contribution is -2.48. The van der Waals surface area contributed by atoms with Crippen molar-refractivity contribution in [3.8, 4) is 0 Å². The van der Waals surface area contributed by atoms with Crippen LogP contribution in [0.25, 0.3) is 0 Å². The van der Waals surface area contributed by atoms with E-state index in [0.29, 0.717) is 6.54 Å². The molecule has 0 radical (unpaired) electrons. The van der Waals surface area contributed by atoms with Crippen molar-refractivity contribution in [3.05, 3.63) is 29.8 Å². The van der Waals surface area contributed by atoms with Gasteiger partial charge in [-0.25, -0.2) is 0 Å². The van der Waals surface area contributed by atoms with Crippen molar-refractivity contribution in [1.29, 1.82) is 0 Å². The summed E-state index contributed by atoms with van der Waals surface area (Å²) in [6.07, 6.45) is 2.49. The highest BCUT2D eigenvalue weighted by atomic mass is 16.2. The zero-order chi connectivity index (χ0) is 15.4. The van der Waals surface area contributed by atoms with Crippen molar-refractivity contribution in [3.63, 3.8) is 0 Å².